The van der Waals surface area contributed by atoms with Crippen molar-refractivity contribution in [3.05, 3.63) is 58.6 Å². The minimum Gasteiger partial charge on any atom is -0.329 e. The van der Waals surface area contributed by atoms with Crippen molar-refractivity contribution in [2.75, 3.05) is 17.2 Å². The maximum Gasteiger partial charge on any atom is 0.417 e. The van der Waals surface area contributed by atoms with Crippen LogP contribution in [0.3, 0.4) is 0 Å². The van der Waals surface area contributed by atoms with Gasteiger partial charge >= 0.3 is 12.2 Å². The van der Waals surface area contributed by atoms with Crippen LogP contribution in [0.2, 0.25) is 5.02 Å². The highest BCUT2D eigenvalue weighted by atomic mass is 35.5. The van der Waals surface area contributed by atoms with Crippen LogP contribution in [-0.4, -0.2) is 18.5 Å². The van der Waals surface area contributed by atoms with E-state index in [1.807, 2.05) is 0 Å². The van der Waals surface area contributed by atoms with Crippen molar-refractivity contribution in [3.8, 4) is 0 Å². The number of hydrogen-bond donors (Lipinski definition) is 3. The van der Waals surface area contributed by atoms with E-state index in [2.05, 4.69) is 16.0 Å². The van der Waals surface area contributed by atoms with Gasteiger partial charge in [-0.25, -0.2) is 13.6 Å². The van der Waals surface area contributed by atoms with Gasteiger partial charge in [0.05, 0.1) is 17.1 Å². The van der Waals surface area contributed by atoms with Crippen molar-refractivity contribution in [3.63, 3.8) is 0 Å². The van der Waals surface area contributed by atoms with E-state index in [0.717, 1.165) is 30.3 Å². The number of amides is 3. The zero-order valence-electron chi connectivity index (χ0n) is 13.3. The summed E-state index contributed by atoms with van der Waals surface area (Å²) in [5.74, 6) is -3.02. The van der Waals surface area contributed by atoms with Gasteiger partial charge < -0.3 is 16.0 Å². The van der Waals surface area contributed by atoms with E-state index in [4.69, 9.17) is 11.6 Å². The number of carbonyl (C=O) groups is 2. The molecule has 144 valence electrons. The number of hydrogen-bond acceptors (Lipinski definition) is 2. The lowest BCUT2D eigenvalue weighted by Gasteiger charge is -2.12. The molecule has 5 nitrogen and oxygen atoms in total. The number of rotatable bonds is 4. The Kier molecular flexibility index (Phi) is 6.21. The molecule has 2 aromatic carbocycles. The van der Waals surface area contributed by atoms with Gasteiger partial charge in [0.2, 0.25) is 5.91 Å². The number of halogens is 6. The molecule has 3 N–H and O–H groups in total. The van der Waals surface area contributed by atoms with Crippen LogP contribution in [0.15, 0.2) is 36.4 Å². The Morgan fingerprint density at radius 1 is 0.926 bits per heavy atom. The molecule has 2 aromatic rings. The maximum atomic E-state index is 13.0. The summed E-state index contributed by atoms with van der Waals surface area (Å²) in [7, 11) is 0. The predicted octanol–water partition coefficient (Wildman–Crippen LogP) is 4.40. The van der Waals surface area contributed by atoms with Crippen LogP contribution in [0.4, 0.5) is 38.1 Å². The van der Waals surface area contributed by atoms with Crippen molar-refractivity contribution in [1.29, 1.82) is 0 Å². The Morgan fingerprint density at radius 2 is 1.56 bits per heavy atom. The van der Waals surface area contributed by atoms with Crippen molar-refractivity contribution >= 4 is 34.9 Å². The average molecular weight is 408 g/mol. The van der Waals surface area contributed by atoms with Crippen molar-refractivity contribution < 1.29 is 31.5 Å². The number of nitrogens with one attached hydrogen (secondary N) is 3. The third-order valence-corrected chi connectivity index (χ3v) is 3.47. The summed E-state index contributed by atoms with van der Waals surface area (Å²) < 4.78 is 64.1. The second-order valence-corrected chi connectivity index (χ2v) is 5.58. The molecule has 0 saturated carbocycles. The van der Waals surface area contributed by atoms with Gasteiger partial charge in [-0.3, -0.25) is 4.79 Å². The third kappa shape index (κ3) is 5.81. The van der Waals surface area contributed by atoms with Gasteiger partial charge in [0.1, 0.15) is 0 Å². The summed E-state index contributed by atoms with van der Waals surface area (Å²) in [6.07, 6.45) is -4.70. The first-order valence-corrected chi connectivity index (χ1v) is 7.60. The molecular formula is C16H11ClF5N3O2. The lowest BCUT2D eigenvalue weighted by molar-refractivity contribution is -0.137. The molecule has 0 radical (unpaired) electrons. The van der Waals surface area contributed by atoms with Crippen LogP contribution < -0.4 is 16.0 Å². The smallest absolute Gasteiger partial charge is 0.329 e. The summed E-state index contributed by atoms with van der Waals surface area (Å²) >= 11 is 5.47. The molecule has 27 heavy (non-hydrogen) atoms. The van der Waals surface area contributed by atoms with Gasteiger partial charge in [-0.1, -0.05) is 11.6 Å². The molecule has 0 aromatic heterocycles. The van der Waals surface area contributed by atoms with Crippen molar-refractivity contribution in [2.45, 2.75) is 6.18 Å². The van der Waals surface area contributed by atoms with Gasteiger partial charge in [0.25, 0.3) is 0 Å². The number of urea groups is 1. The zero-order chi connectivity index (χ0) is 20.2. The largest absolute Gasteiger partial charge is 0.417 e. The van der Waals surface area contributed by atoms with Gasteiger partial charge in [-0.15, -0.1) is 0 Å². The SMILES string of the molecule is O=C(CNC(=O)Nc1ccc(Cl)c(C(F)(F)F)c1)Nc1ccc(F)c(F)c1. The minimum atomic E-state index is -4.70. The van der Waals surface area contributed by atoms with E-state index in [1.165, 1.54) is 0 Å². The summed E-state index contributed by atoms with van der Waals surface area (Å²) in [5.41, 5.74) is -1.35. The second kappa shape index (κ2) is 8.21. The summed E-state index contributed by atoms with van der Waals surface area (Å²) in [5, 5.41) is 5.91. The number of carbonyl (C=O) groups excluding carboxylic acids is 2. The van der Waals surface area contributed by atoms with Gasteiger partial charge in [-0.2, -0.15) is 13.2 Å². The van der Waals surface area contributed by atoms with Gasteiger partial charge in [0.15, 0.2) is 11.6 Å². The summed E-state index contributed by atoms with van der Waals surface area (Å²) in [6.45, 7) is -0.565. The highest BCUT2D eigenvalue weighted by molar-refractivity contribution is 6.31. The summed E-state index contributed by atoms with van der Waals surface area (Å²) in [6, 6.07) is 4.48. The molecule has 0 aliphatic heterocycles. The minimum absolute atomic E-state index is 0.0337. The topological polar surface area (TPSA) is 70.2 Å². The molecule has 0 saturated heterocycles. The highest BCUT2D eigenvalue weighted by Gasteiger charge is 2.33. The fourth-order valence-corrected chi connectivity index (χ4v) is 2.16. The van der Waals surface area contributed by atoms with Crippen LogP contribution >= 0.6 is 11.6 Å². The van der Waals surface area contributed by atoms with Crippen LogP contribution in [0.5, 0.6) is 0 Å². The highest BCUT2D eigenvalue weighted by Crippen LogP contribution is 2.36. The second-order valence-electron chi connectivity index (χ2n) is 5.18. The molecular weight excluding hydrogens is 397 g/mol. The molecule has 0 aliphatic rings. The average Bonchev–Trinajstić information content (AvgIpc) is 2.57. The molecule has 0 bridgehead atoms. The fraction of sp³-hybridized carbons (Fsp3) is 0.125. The van der Waals surface area contributed by atoms with Gasteiger partial charge in [-0.05, 0) is 30.3 Å². The molecule has 2 rings (SSSR count). The van der Waals surface area contributed by atoms with E-state index in [1.54, 1.807) is 0 Å². The first kappa shape index (κ1) is 20.4. The van der Waals surface area contributed by atoms with E-state index >= 15 is 0 Å². The maximum absolute atomic E-state index is 13.0. The Balaban J connectivity index is 1.90. The molecule has 0 aliphatic carbocycles. The molecule has 11 heteroatoms. The van der Waals surface area contributed by atoms with E-state index in [0.29, 0.717) is 6.07 Å². The van der Waals surface area contributed by atoms with Crippen LogP contribution in [0.25, 0.3) is 0 Å². The van der Waals surface area contributed by atoms with E-state index in [9.17, 15) is 31.5 Å². The fourth-order valence-electron chi connectivity index (χ4n) is 1.94. The molecule has 0 heterocycles. The van der Waals surface area contributed by atoms with E-state index in [-0.39, 0.29) is 11.4 Å². The normalized spacial score (nSPS) is 11.0. The molecule has 0 fully saturated rings. The Bertz CT molecular complexity index is 874. The number of alkyl halides is 3. The Morgan fingerprint density at radius 3 is 2.19 bits per heavy atom. The first-order chi connectivity index (χ1) is 12.6. The zero-order valence-corrected chi connectivity index (χ0v) is 14.0. The Hall–Kier alpha value is -2.88. The van der Waals surface area contributed by atoms with Crippen LogP contribution in [0.1, 0.15) is 5.56 Å². The number of anilines is 2. The number of benzene rings is 2. The van der Waals surface area contributed by atoms with Gasteiger partial charge in [0, 0.05) is 17.4 Å². The van der Waals surface area contributed by atoms with Crippen molar-refractivity contribution in [2.24, 2.45) is 0 Å². The molecule has 0 atom stereocenters. The third-order valence-electron chi connectivity index (χ3n) is 3.14. The molecule has 0 spiro atoms. The van der Waals surface area contributed by atoms with E-state index < -0.39 is 46.9 Å². The quantitative estimate of drug-likeness (QED) is 0.658. The van der Waals surface area contributed by atoms with Crippen molar-refractivity contribution in [1.82, 2.24) is 5.32 Å². The lowest BCUT2D eigenvalue weighted by Crippen LogP contribution is -2.35. The predicted molar refractivity (Wildman–Crippen MR) is 88.5 cm³/mol. The first-order valence-electron chi connectivity index (χ1n) is 7.23. The lowest BCUT2D eigenvalue weighted by atomic mass is 10.2. The standard InChI is InChI=1S/C16H11ClF5N3O2/c17-11-3-1-8(5-10(11)16(20,21)22)25-15(27)23-7-14(26)24-9-2-4-12(18)13(19)6-9/h1-6H,7H2,(H,24,26)(H2,23,25,27). The summed E-state index contributed by atoms with van der Waals surface area (Å²) in [4.78, 5) is 23.3. The molecule has 3 amide bonds. The van der Waals surface area contributed by atoms with Crippen LogP contribution in [-0.2, 0) is 11.0 Å². The van der Waals surface area contributed by atoms with Crippen LogP contribution in [0, 0.1) is 11.6 Å². The monoisotopic (exact) mass is 407 g/mol. The molecule has 0 unspecified atom stereocenters. The Labute approximate surface area is 154 Å².